The zero-order valence-corrected chi connectivity index (χ0v) is 6.56. The van der Waals surface area contributed by atoms with Gasteiger partial charge in [-0.3, -0.25) is 14.0 Å². The SMILES string of the molecule is O=C1OC(=O)C(CF)(CF)C1CF. The van der Waals surface area contributed by atoms with Crippen LogP contribution in [0.4, 0.5) is 13.2 Å². The van der Waals surface area contributed by atoms with Gasteiger partial charge < -0.3 is 4.74 Å². The number of rotatable bonds is 3. The third kappa shape index (κ3) is 1.20. The van der Waals surface area contributed by atoms with Crippen molar-refractivity contribution in [2.24, 2.45) is 11.3 Å². The highest BCUT2D eigenvalue weighted by atomic mass is 19.1. The lowest BCUT2D eigenvalue weighted by Gasteiger charge is -2.20. The van der Waals surface area contributed by atoms with E-state index in [4.69, 9.17) is 0 Å². The summed E-state index contributed by atoms with van der Waals surface area (Å²) < 4.78 is 40.9. The number of alkyl halides is 3. The van der Waals surface area contributed by atoms with E-state index >= 15 is 0 Å². The van der Waals surface area contributed by atoms with Crippen LogP contribution in [0.15, 0.2) is 0 Å². The quantitative estimate of drug-likeness (QED) is 0.490. The molecule has 1 heterocycles. The molecule has 74 valence electrons. The molecule has 0 aromatic rings. The van der Waals surface area contributed by atoms with E-state index < -0.39 is 43.3 Å². The monoisotopic (exact) mass is 196 g/mol. The Morgan fingerprint density at radius 1 is 1.23 bits per heavy atom. The van der Waals surface area contributed by atoms with E-state index in [2.05, 4.69) is 4.74 Å². The number of carbonyl (C=O) groups excluding carboxylic acids is 2. The first-order chi connectivity index (χ1) is 6.12. The molecular weight excluding hydrogens is 189 g/mol. The maximum atomic E-state index is 12.4. The minimum Gasteiger partial charge on any atom is -0.392 e. The Morgan fingerprint density at radius 3 is 2.08 bits per heavy atom. The lowest BCUT2D eigenvalue weighted by atomic mass is 9.80. The molecule has 6 heteroatoms. The molecule has 1 fully saturated rings. The first kappa shape index (κ1) is 10.0. The summed E-state index contributed by atoms with van der Waals surface area (Å²) in [6.07, 6.45) is 0. The number of cyclic esters (lactones) is 2. The molecule has 0 aromatic carbocycles. The average Bonchev–Trinajstić information content (AvgIpc) is 2.36. The second kappa shape index (κ2) is 3.35. The summed E-state index contributed by atoms with van der Waals surface area (Å²) in [5, 5.41) is 0. The summed E-state index contributed by atoms with van der Waals surface area (Å²) >= 11 is 0. The van der Waals surface area contributed by atoms with Gasteiger partial charge in [0.05, 0.1) is 0 Å². The van der Waals surface area contributed by atoms with Crippen molar-refractivity contribution in [3.05, 3.63) is 0 Å². The maximum absolute atomic E-state index is 12.4. The molecule has 0 aromatic heterocycles. The summed E-state index contributed by atoms with van der Waals surface area (Å²) in [4.78, 5) is 21.6. The van der Waals surface area contributed by atoms with Crippen molar-refractivity contribution in [3.63, 3.8) is 0 Å². The molecule has 1 aliphatic rings. The second-order valence-corrected chi connectivity index (χ2v) is 2.84. The standard InChI is InChI=1S/C7H7F3O3/c8-1-4-5(11)13-6(12)7(4,2-9)3-10/h4H,1-3H2. The first-order valence-corrected chi connectivity index (χ1v) is 3.56. The fourth-order valence-corrected chi connectivity index (χ4v) is 1.17. The van der Waals surface area contributed by atoms with E-state index in [1.165, 1.54) is 0 Å². The predicted molar refractivity (Wildman–Crippen MR) is 34.9 cm³/mol. The van der Waals surface area contributed by atoms with E-state index in [9.17, 15) is 22.8 Å². The van der Waals surface area contributed by atoms with E-state index in [1.807, 2.05) is 0 Å². The minimum absolute atomic E-state index is 1.19. The predicted octanol–water partition coefficient (Wildman–Crippen LogP) is 0.581. The number of esters is 2. The molecule has 1 saturated heterocycles. The van der Waals surface area contributed by atoms with Gasteiger partial charge in [-0.15, -0.1) is 0 Å². The summed E-state index contributed by atoms with van der Waals surface area (Å²) in [5.41, 5.74) is -2.24. The number of carbonyl (C=O) groups is 2. The molecule has 0 N–H and O–H groups in total. The highest BCUT2D eigenvalue weighted by Crippen LogP contribution is 2.38. The van der Waals surface area contributed by atoms with E-state index in [0.717, 1.165) is 0 Å². The van der Waals surface area contributed by atoms with Crippen LogP contribution in [-0.4, -0.2) is 32.0 Å². The molecule has 3 nitrogen and oxygen atoms in total. The van der Waals surface area contributed by atoms with Crippen molar-refractivity contribution < 1.29 is 27.5 Å². The van der Waals surface area contributed by atoms with Gasteiger partial charge >= 0.3 is 11.9 Å². The maximum Gasteiger partial charge on any atom is 0.326 e. The van der Waals surface area contributed by atoms with Crippen molar-refractivity contribution in [2.75, 3.05) is 20.0 Å². The first-order valence-electron chi connectivity index (χ1n) is 3.56. The largest absolute Gasteiger partial charge is 0.392 e. The highest BCUT2D eigenvalue weighted by molar-refractivity contribution is 5.99. The molecular formula is C7H7F3O3. The molecule has 0 bridgehead atoms. The smallest absolute Gasteiger partial charge is 0.326 e. The second-order valence-electron chi connectivity index (χ2n) is 2.84. The summed E-state index contributed by atoms with van der Waals surface area (Å²) in [7, 11) is 0. The molecule has 1 rings (SSSR count). The van der Waals surface area contributed by atoms with Crippen LogP contribution >= 0.6 is 0 Å². The van der Waals surface area contributed by atoms with Crippen LogP contribution in [0.25, 0.3) is 0 Å². The van der Waals surface area contributed by atoms with Gasteiger partial charge in [0.15, 0.2) is 0 Å². The van der Waals surface area contributed by atoms with Crippen molar-refractivity contribution in [1.82, 2.24) is 0 Å². The van der Waals surface area contributed by atoms with E-state index in [-0.39, 0.29) is 0 Å². The number of ether oxygens (including phenoxy) is 1. The number of hydrogen-bond acceptors (Lipinski definition) is 3. The molecule has 1 unspecified atom stereocenters. The fourth-order valence-electron chi connectivity index (χ4n) is 1.17. The Morgan fingerprint density at radius 2 is 1.77 bits per heavy atom. The lowest BCUT2D eigenvalue weighted by molar-refractivity contribution is -0.155. The van der Waals surface area contributed by atoms with Crippen LogP contribution in [-0.2, 0) is 14.3 Å². The van der Waals surface area contributed by atoms with Crippen LogP contribution in [0, 0.1) is 11.3 Å². The van der Waals surface area contributed by atoms with Gasteiger partial charge in [0, 0.05) is 0 Å². The van der Waals surface area contributed by atoms with Crippen molar-refractivity contribution >= 4 is 11.9 Å². The van der Waals surface area contributed by atoms with E-state index in [1.54, 1.807) is 0 Å². The Balaban J connectivity index is 3.03. The van der Waals surface area contributed by atoms with Gasteiger partial charge in [-0.2, -0.15) is 0 Å². The third-order valence-corrected chi connectivity index (χ3v) is 2.18. The van der Waals surface area contributed by atoms with Gasteiger partial charge in [0.25, 0.3) is 0 Å². The summed E-state index contributed by atoms with van der Waals surface area (Å²) in [6, 6.07) is 0. The zero-order chi connectivity index (χ0) is 10.1. The van der Waals surface area contributed by atoms with Crippen LogP contribution in [0.5, 0.6) is 0 Å². The molecule has 1 aliphatic heterocycles. The lowest BCUT2D eigenvalue weighted by Crippen LogP contribution is -2.39. The van der Waals surface area contributed by atoms with Gasteiger partial charge in [-0.1, -0.05) is 0 Å². The minimum atomic E-state index is -2.24. The molecule has 0 saturated carbocycles. The Hall–Kier alpha value is -1.07. The zero-order valence-electron chi connectivity index (χ0n) is 6.56. The van der Waals surface area contributed by atoms with Gasteiger partial charge in [-0.05, 0) is 0 Å². The van der Waals surface area contributed by atoms with Gasteiger partial charge in [0.1, 0.15) is 31.4 Å². The molecule has 1 atom stereocenters. The van der Waals surface area contributed by atoms with Crippen molar-refractivity contribution in [3.8, 4) is 0 Å². The molecule has 0 radical (unpaired) electrons. The Labute approximate surface area is 71.9 Å². The van der Waals surface area contributed by atoms with Gasteiger partial charge in [0.2, 0.25) is 0 Å². The topological polar surface area (TPSA) is 43.4 Å². The molecule has 0 spiro atoms. The molecule has 13 heavy (non-hydrogen) atoms. The van der Waals surface area contributed by atoms with E-state index in [0.29, 0.717) is 0 Å². The van der Waals surface area contributed by atoms with Crippen LogP contribution in [0.2, 0.25) is 0 Å². The molecule has 0 aliphatic carbocycles. The van der Waals surface area contributed by atoms with Crippen LogP contribution < -0.4 is 0 Å². The Kier molecular flexibility index (Phi) is 2.58. The summed E-state index contributed by atoms with van der Waals surface area (Å²) in [6.45, 7) is -4.15. The average molecular weight is 196 g/mol. The number of hydrogen-bond donors (Lipinski definition) is 0. The van der Waals surface area contributed by atoms with Crippen molar-refractivity contribution in [2.45, 2.75) is 0 Å². The third-order valence-electron chi connectivity index (χ3n) is 2.18. The fraction of sp³-hybridized carbons (Fsp3) is 0.714. The highest BCUT2D eigenvalue weighted by Gasteiger charge is 2.58. The van der Waals surface area contributed by atoms with Gasteiger partial charge in [-0.25, -0.2) is 8.78 Å². The number of halogens is 3. The van der Waals surface area contributed by atoms with Crippen LogP contribution in [0.1, 0.15) is 0 Å². The molecule has 0 amide bonds. The summed E-state index contributed by atoms with van der Waals surface area (Å²) in [5.74, 6) is -4.15. The normalized spacial score (nSPS) is 26.2. The van der Waals surface area contributed by atoms with Crippen molar-refractivity contribution in [1.29, 1.82) is 0 Å². The van der Waals surface area contributed by atoms with Crippen LogP contribution in [0.3, 0.4) is 0 Å². The Bertz CT molecular complexity index is 237.